The lowest BCUT2D eigenvalue weighted by Gasteiger charge is -2.31. The number of nitrogens with one attached hydrogen (secondary N) is 1. The number of hydrogen-bond donors (Lipinski definition) is 1. The van der Waals surface area contributed by atoms with Gasteiger partial charge in [-0.05, 0) is 68.1 Å². The van der Waals surface area contributed by atoms with Crippen molar-refractivity contribution in [2.45, 2.75) is 26.7 Å². The smallest absolute Gasteiger partial charge is 0.253 e. The Kier molecular flexibility index (Phi) is 5.35. The van der Waals surface area contributed by atoms with Gasteiger partial charge < -0.3 is 10.2 Å². The maximum absolute atomic E-state index is 13.2. The first-order valence-corrected chi connectivity index (χ1v) is 8.87. The van der Waals surface area contributed by atoms with Crippen molar-refractivity contribution in [3.8, 4) is 0 Å². The summed E-state index contributed by atoms with van der Waals surface area (Å²) in [4.78, 5) is 26.8. The van der Waals surface area contributed by atoms with Crippen LogP contribution in [0.3, 0.4) is 0 Å². The molecule has 1 heterocycles. The first-order valence-electron chi connectivity index (χ1n) is 8.87. The highest BCUT2D eigenvalue weighted by Gasteiger charge is 2.28. The Morgan fingerprint density at radius 2 is 1.77 bits per heavy atom. The van der Waals surface area contributed by atoms with Crippen LogP contribution >= 0.6 is 0 Å². The molecule has 2 aromatic rings. The lowest BCUT2D eigenvalue weighted by atomic mass is 9.95. The molecular weight excluding hydrogens is 331 g/mol. The van der Waals surface area contributed by atoms with E-state index in [1.807, 2.05) is 32.0 Å². The average Bonchev–Trinajstić information content (AvgIpc) is 2.63. The number of halogens is 1. The van der Waals surface area contributed by atoms with Crippen LogP contribution in [0.2, 0.25) is 0 Å². The molecule has 0 radical (unpaired) electrons. The molecule has 1 aliphatic heterocycles. The van der Waals surface area contributed by atoms with Gasteiger partial charge in [-0.15, -0.1) is 0 Å². The van der Waals surface area contributed by atoms with E-state index < -0.39 is 0 Å². The summed E-state index contributed by atoms with van der Waals surface area (Å²) < 4.78 is 13.2. The molecule has 0 unspecified atom stereocenters. The molecule has 2 amide bonds. The largest absolute Gasteiger partial charge is 0.339 e. The van der Waals surface area contributed by atoms with Crippen LogP contribution in [0.4, 0.5) is 10.1 Å². The maximum Gasteiger partial charge on any atom is 0.253 e. The fraction of sp³-hybridized carbons (Fsp3) is 0.333. The highest BCUT2D eigenvalue weighted by atomic mass is 19.1. The van der Waals surface area contributed by atoms with Gasteiger partial charge in [0.2, 0.25) is 5.91 Å². The number of rotatable bonds is 3. The molecule has 3 rings (SSSR count). The van der Waals surface area contributed by atoms with Crippen molar-refractivity contribution < 1.29 is 14.0 Å². The van der Waals surface area contributed by atoms with Gasteiger partial charge in [0.15, 0.2) is 0 Å². The van der Waals surface area contributed by atoms with Gasteiger partial charge in [-0.1, -0.05) is 12.1 Å². The van der Waals surface area contributed by atoms with E-state index in [0.717, 1.165) is 11.1 Å². The van der Waals surface area contributed by atoms with Crippen LogP contribution < -0.4 is 5.32 Å². The molecule has 0 aromatic heterocycles. The van der Waals surface area contributed by atoms with E-state index in [1.165, 1.54) is 12.1 Å². The number of aryl methyl sites for hydroxylation is 2. The minimum Gasteiger partial charge on any atom is -0.339 e. The van der Waals surface area contributed by atoms with Crippen molar-refractivity contribution >= 4 is 17.5 Å². The Bertz CT molecular complexity index is 827. The normalized spacial score (nSPS) is 15.0. The molecule has 0 atom stereocenters. The van der Waals surface area contributed by atoms with E-state index >= 15 is 0 Å². The summed E-state index contributed by atoms with van der Waals surface area (Å²) in [7, 11) is 0. The lowest BCUT2D eigenvalue weighted by Crippen LogP contribution is -2.41. The van der Waals surface area contributed by atoms with Crippen LogP contribution in [0, 0.1) is 25.6 Å². The van der Waals surface area contributed by atoms with Crippen molar-refractivity contribution in [1.82, 2.24) is 4.90 Å². The van der Waals surface area contributed by atoms with Crippen molar-refractivity contribution in [3.05, 3.63) is 65.0 Å². The van der Waals surface area contributed by atoms with Crippen LogP contribution in [0.15, 0.2) is 42.5 Å². The molecule has 5 heteroatoms. The van der Waals surface area contributed by atoms with Crippen molar-refractivity contribution in [2.24, 2.45) is 5.92 Å². The molecule has 26 heavy (non-hydrogen) atoms. The number of hydrogen-bond acceptors (Lipinski definition) is 2. The Hall–Kier alpha value is -2.69. The molecule has 4 nitrogen and oxygen atoms in total. The van der Waals surface area contributed by atoms with Gasteiger partial charge in [0, 0.05) is 30.3 Å². The van der Waals surface area contributed by atoms with E-state index in [9.17, 15) is 14.0 Å². The molecular formula is C21H23FN2O2. The maximum atomic E-state index is 13.2. The molecule has 1 aliphatic rings. The van der Waals surface area contributed by atoms with Crippen LogP contribution in [-0.4, -0.2) is 29.8 Å². The van der Waals surface area contributed by atoms with Crippen molar-refractivity contribution in [2.75, 3.05) is 18.4 Å². The molecule has 0 saturated carbocycles. The number of benzene rings is 2. The van der Waals surface area contributed by atoms with E-state index in [4.69, 9.17) is 0 Å². The van der Waals surface area contributed by atoms with E-state index in [0.29, 0.717) is 37.2 Å². The van der Waals surface area contributed by atoms with Crippen LogP contribution in [-0.2, 0) is 4.79 Å². The molecule has 1 N–H and O–H groups in total. The number of likely N-dealkylation sites (tertiary alicyclic amines) is 1. The van der Waals surface area contributed by atoms with Gasteiger partial charge in [-0.2, -0.15) is 0 Å². The summed E-state index contributed by atoms with van der Waals surface area (Å²) >= 11 is 0. The molecule has 0 aliphatic carbocycles. The van der Waals surface area contributed by atoms with Gasteiger partial charge in [0.05, 0.1) is 0 Å². The Morgan fingerprint density at radius 3 is 2.42 bits per heavy atom. The molecule has 1 saturated heterocycles. The van der Waals surface area contributed by atoms with E-state index in [-0.39, 0.29) is 23.5 Å². The fourth-order valence-corrected chi connectivity index (χ4v) is 3.21. The Morgan fingerprint density at radius 1 is 1.04 bits per heavy atom. The third-order valence-electron chi connectivity index (χ3n) is 5.00. The zero-order valence-electron chi connectivity index (χ0n) is 15.1. The number of carbonyl (C=O) groups excluding carboxylic acids is 2. The fourth-order valence-electron chi connectivity index (χ4n) is 3.21. The first kappa shape index (κ1) is 18.1. The summed E-state index contributed by atoms with van der Waals surface area (Å²) in [6, 6.07) is 11.6. The summed E-state index contributed by atoms with van der Waals surface area (Å²) in [5, 5.41) is 2.76. The quantitative estimate of drug-likeness (QED) is 0.908. The number of amides is 2. The van der Waals surface area contributed by atoms with Gasteiger partial charge in [-0.25, -0.2) is 4.39 Å². The van der Waals surface area contributed by atoms with Gasteiger partial charge >= 0.3 is 0 Å². The van der Waals surface area contributed by atoms with Crippen LogP contribution in [0.5, 0.6) is 0 Å². The number of piperidine rings is 1. The third-order valence-corrected chi connectivity index (χ3v) is 5.00. The number of anilines is 1. The monoisotopic (exact) mass is 354 g/mol. The standard InChI is InChI=1S/C21H23FN2O2/c1-14-6-7-17(12-15(14)2)21(26)24-10-8-16(9-11-24)20(25)23-19-5-3-4-18(22)13-19/h3-7,12-13,16H,8-11H2,1-2H3,(H,23,25). The highest BCUT2D eigenvalue weighted by molar-refractivity contribution is 5.95. The summed E-state index contributed by atoms with van der Waals surface area (Å²) in [5.41, 5.74) is 3.41. The summed E-state index contributed by atoms with van der Waals surface area (Å²) in [6.07, 6.45) is 1.22. The predicted molar refractivity (Wildman–Crippen MR) is 99.6 cm³/mol. The number of nitrogens with zero attached hydrogens (tertiary/aromatic N) is 1. The second-order valence-corrected chi connectivity index (χ2v) is 6.87. The Labute approximate surface area is 153 Å². The SMILES string of the molecule is Cc1ccc(C(=O)N2CCC(C(=O)Nc3cccc(F)c3)CC2)cc1C. The summed E-state index contributed by atoms with van der Waals surface area (Å²) in [6.45, 7) is 5.11. The predicted octanol–water partition coefficient (Wildman–Crippen LogP) is 3.93. The van der Waals surface area contributed by atoms with E-state index in [1.54, 1.807) is 17.0 Å². The summed E-state index contributed by atoms with van der Waals surface area (Å²) in [5.74, 6) is -0.648. The zero-order valence-corrected chi connectivity index (χ0v) is 15.1. The zero-order chi connectivity index (χ0) is 18.7. The second kappa shape index (κ2) is 7.68. The second-order valence-electron chi connectivity index (χ2n) is 6.87. The van der Waals surface area contributed by atoms with Gasteiger partial charge in [0.25, 0.3) is 5.91 Å². The average molecular weight is 354 g/mol. The van der Waals surface area contributed by atoms with E-state index in [2.05, 4.69) is 5.32 Å². The van der Waals surface area contributed by atoms with Gasteiger partial charge in [0.1, 0.15) is 5.82 Å². The minimum absolute atomic E-state index is 0.0112. The molecule has 1 fully saturated rings. The Balaban J connectivity index is 1.57. The molecule has 136 valence electrons. The number of carbonyl (C=O) groups is 2. The molecule has 0 spiro atoms. The van der Waals surface area contributed by atoms with Crippen molar-refractivity contribution in [3.63, 3.8) is 0 Å². The van der Waals surface area contributed by atoms with Crippen LogP contribution in [0.25, 0.3) is 0 Å². The molecule has 0 bridgehead atoms. The third kappa shape index (κ3) is 4.10. The van der Waals surface area contributed by atoms with Gasteiger partial charge in [-0.3, -0.25) is 9.59 Å². The van der Waals surface area contributed by atoms with Crippen molar-refractivity contribution in [1.29, 1.82) is 0 Å². The molecule has 2 aromatic carbocycles. The van der Waals surface area contributed by atoms with Crippen LogP contribution in [0.1, 0.15) is 34.3 Å². The highest BCUT2D eigenvalue weighted by Crippen LogP contribution is 2.22. The first-order chi connectivity index (χ1) is 12.4. The minimum atomic E-state index is -0.378. The topological polar surface area (TPSA) is 49.4 Å². The lowest BCUT2D eigenvalue weighted by molar-refractivity contribution is -0.121.